The first-order chi connectivity index (χ1) is 13.9. The minimum Gasteiger partial charge on any atom is -0.497 e. The van der Waals surface area contributed by atoms with E-state index in [0.717, 1.165) is 30.3 Å². The molecule has 5 nitrogen and oxygen atoms in total. The molecule has 1 aromatic heterocycles. The Morgan fingerprint density at radius 3 is 2.45 bits per heavy atom. The van der Waals surface area contributed by atoms with Gasteiger partial charge < -0.3 is 10.1 Å². The molecule has 1 saturated carbocycles. The molecule has 0 saturated heterocycles. The summed E-state index contributed by atoms with van der Waals surface area (Å²) >= 11 is 0. The van der Waals surface area contributed by atoms with Crippen molar-refractivity contribution in [2.45, 2.75) is 31.9 Å². The highest BCUT2D eigenvalue weighted by Gasteiger charge is 2.38. The van der Waals surface area contributed by atoms with E-state index in [0.29, 0.717) is 22.6 Å². The highest BCUT2D eigenvalue weighted by Crippen LogP contribution is 2.35. The number of carbonyl (C=O) groups excluding carboxylic acids is 1. The normalized spacial score (nSPS) is 15.0. The van der Waals surface area contributed by atoms with E-state index < -0.39 is 12.0 Å². The molecule has 1 heterocycles. The number of amides is 1. The van der Waals surface area contributed by atoms with Crippen LogP contribution < -0.4 is 10.1 Å². The average molecular weight is 403 g/mol. The molecular formula is C21H20F3N3O2. The van der Waals surface area contributed by atoms with Crippen LogP contribution in [0, 0.1) is 5.92 Å². The van der Waals surface area contributed by atoms with Crippen LogP contribution in [0.25, 0.3) is 16.7 Å². The summed E-state index contributed by atoms with van der Waals surface area (Å²) in [6.45, 7) is 0. The van der Waals surface area contributed by atoms with Gasteiger partial charge in [-0.1, -0.05) is 12.8 Å². The second-order valence-electron chi connectivity index (χ2n) is 7.14. The minimum absolute atomic E-state index is 0.0130. The maximum Gasteiger partial charge on any atom is 0.450 e. The third-order valence-corrected chi connectivity index (χ3v) is 5.23. The first-order valence-electron chi connectivity index (χ1n) is 9.42. The number of ether oxygens (including phenoxy) is 1. The maximum absolute atomic E-state index is 13.6. The number of anilines is 1. The van der Waals surface area contributed by atoms with Gasteiger partial charge in [-0.3, -0.25) is 9.36 Å². The molecule has 1 N–H and O–H groups in total. The van der Waals surface area contributed by atoms with E-state index >= 15 is 0 Å². The fourth-order valence-corrected chi connectivity index (χ4v) is 3.76. The number of hydrogen-bond donors (Lipinski definition) is 1. The quantitative estimate of drug-likeness (QED) is 0.653. The van der Waals surface area contributed by atoms with Gasteiger partial charge in [0, 0.05) is 23.4 Å². The van der Waals surface area contributed by atoms with Crippen LogP contribution >= 0.6 is 0 Å². The predicted molar refractivity (Wildman–Crippen MR) is 103 cm³/mol. The van der Waals surface area contributed by atoms with E-state index in [9.17, 15) is 18.0 Å². The van der Waals surface area contributed by atoms with Gasteiger partial charge in [0.1, 0.15) is 5.75 Å². The average Bonchev–Trinajstić information content (AvgIpc) is 3.36. The molecule has 1 fully saturated rings. The summed E-state index contributed by atoms with van der Waals surface area (Å²) < 4.78 is 47.0. The zero-order valence-electron chi connectivity index (χ0n) is 15.8. The standard InChI is InChI=1S/C21H20F3N3O2/c1-29-16-10-11-18-17(12-16)26-20(21(22,23)24)27(18)15-8-6-14(7-9-15)25-19(28)13-4-2-3-5-13/h6-13H,2-5H2,1H3,(H,25,28). The van der Waals surface area contributed by atoms with Gasteiger partial charge in [0.2, 0.25) is 11.7 Å². The fourth-order valence-electron chi connectivity index (χ4n) is 3.76. The van der Waals surface area contributed by atoms with E-state index in [1.165, 1.54) is 13.2 Å². The Kier molecular flexibility index (Phi) is 4.94. The Morgan fingerprint density at radius 2 is 1.83 bits per heavy atom. The lowest BCUT2D eigenvalue weighted by atomic mass is 10.1. The molecule has 3 aromatic rings. The van der Waals surface area contributed by atoms with Gasteiger partial charge in [-0.25, -0.2) is 4.98 Å². The van der Waals surface area contributed by atoms with Gasteiger partial charge in [0.05, 0.1) is 18.1 Å². The van der Waals surface area contributed by atoms with Crippen LogP contribution in [-0.4, -0.2) is 22.6 Å². The number of alkyl halides is 3. The van der Waals surface area contributed by atoms with Crippen LogP contribution in [0.4, 0.5) is 18.9 Å². The molecule has 0 spiro atoms. The van der Waals surface area contributed by atoms with Crippen molar-refractivity contribution < 1.29 is 22.7 Å². The number of fused-ring (bicyclic) bond motifs is 1. The number of rotatable bonds is 4. The zero-order valence-corrected chi connectivity index (χ0v) is 15.8. The number of aromatic nitrogens is 2. The van der Waals surface area contributed by atoms with Crippen molar-refractivity contribution in [3.63, 3.8) is 0 Å². The van der Waals surface area contributed by atoms with E-state index in [4.69, 9.17) is 4.74 Å². The summed E-state index contributed by atoms with van der Waals surface area (Å²) in [5.41, 5.74) is 1.38. The van der Waals surface area contributed by atoms with Crippen LogP contribution in [0.15, 0.2) is 42.5 Å². The van der Waals surface area contributed by atoms with E-state index in [1.54, 1.807) is 36.4 Å². The Bertz CT molecular complexity index is 1040. The Hall–Kier alpha value is -3.03. The second-order valence-corrected chi connectivity index (χ2v) is 7.14. The van der Waals surface area contributed by atoms with Crippen LogP contribution in [-0.2, 0) is 11.0 Å². The van der Waals surface area contributed by atoms with Gasteiger partial charge in [-0.2, -0.15) is 13.2 Å². The summed E-state index contributed by atoms with van der Waals surface area (Å²) in [6, 6.07) is 10.9. The Morgan fingerprint density at radius 1 is 1.14 bits per heavy atom. The number of halogens is 3. The molecule has 0 aliphatic heterocycles. The number of nitrogens with zero attached hydrogens (tertiary/aromatic N) is 2. The minimum atomic E-state index is -4.62. The molecule has 0 unspecified atom stereocenters. The Labute approximate surface area is 165 Å². The SMILES string of the molecule is COc1ccc2c(c1)nc(C(F)(F)F)n2-c1ccc(NC(=O)C2CCCC2)cc1. The van der Waals surface area contributed by atoms with Crippen molar-refractivity contribution in [2.75, 3.05) is 12.4 Å². The summed E-state index contributed by atoms with van der Waals surface area (Å²) in [4.78, 5) is 16.0. The first kappa shape index (κ1) is 19.3. The number of nitrogens with one attached hydrogen (secondary N) is 1. The topological polar surface area (TPSA) is 56.1 Å². The zero-order chi connectivity index (χ0) is 20.6. The molecule has 0 bridgehead atoms. The van der Waals surface area contributed by atoms with Gasteiger partial charge in [-0.05, 0) is 49.2 Å². The summed E-state index contributed by atoms with van der Waals surface area (Å²) in [7, 11) is 1.45. The molecule has 2 aromatic carbocycles. The van der Waals surface area contributed by atoms with Gasteiger partial charge in [-0.15, -0.1) is 0 Å². The molecule has 29 heavy (non-hydrogen) atoms. The third-order valence-electron chi connectivity index (χ3n) is 5.23. The van der Waals surface area contributed by atoms with Gasteiger partial charge in [0.25, 0.3) is 0 Å². The van der Waals surface area contributed by atoms with Crippen molar-refractivity contribution in [1.29, 1.82) is 0 Å². The number of benzene rings is 2. The highest BCUT2D eigenvalue weighted by molar-refractivity contribution is 5.92. The van der Waals surface area contributed by atoms with Crippen LogP contribution in [0.1, 0.15) is 31.5 Å². The lowest BCUT2D eigenvalue weighted by Crippen LogP contribution is -2.20. The van der Waals surface area contributed by atoms with Gasteiger partial charge >= 0.3 is 6.18 Å². The summed E-state index contributed by atoms with van der Waals surface area (Å²) in [5, 5.41) is 2.85. The molecule has 1 amide bonds. The van der Waals surface area contributed by atoms with Crippen molar-refractivity contribution >= 4 is 22.6 Å². The number of hydrogen-bond acceptors (Lipinski definition) is 3. The van der Waals surface area contributed by atoms with Gasteiger partial charge in [0.15, 0.2) is 0 Å². The molecule has 8 heteroatoms. The van der Waals surface area contributed by atoms with E-state index in [-0.39, 0.29) is 17.3 Å². The maximum atomic E-state index is 13.6. The lowest BCUT2D eigenvalue weighted by molar-refractivity contribution is -0.145. The number of carbonyl (C=O) groups is 1. The molecule has 0 atom stereocenters. The Balaban J connectivity index is 1.69. The van der Waals surface area contributed by atoms with Crippen molar-refractivity contribution in [2.24, 2.45) is 5.92 Å². The number of imidazole rings is 1. The highest BCUT2D eigenvalue weighted by atomic mass is 19.4. The molecule has 0 radical (unpaired) electrons. The summed E-state index contributed by atoms with van der Waals surface area (Å²) in [5.74, 6) is -0.602. The molecule has 152 valence electrons. The van der Waals surface area contributed by atoms with Crippen LogP contribution in [0.2, 0.25) is 0 Å². The monoisotopic (exact) mass is 403 g/mol. The predicted octanol–water partition coefficient (Wildman–Crippen LogP) is 5.18. The first-order valence-corrected chi connectivity index (χ1v) is 9.42. The molecule has 4 rings (SSSR count). The molecule has 1 aliphatic rings. The fraction of sp³-hybridized carbons (Fsp3) is 0.333. The summed E-state index contributed by atoms with van der Waals surface area (Å²) in [6.07, 6.45) is -0.764. The smallest absolute Gasteiger partial charge is 0.450 e. The van der Waals surface area contributed by atoms with Crippen molar-refractivity contribution in [3.8, 4) is 11.4 Å². The largest absolute Gasteiger partial charge is 0.497 e. The van der Waals surface area contributed by atoms with Crippen molar-refractivity contribution in [3.05, 3.63) is 48.3 Å². The third kappa shape index (κ3) is 3.79. The molecular weight excluding hydrogens is 383 g/mol. The van der Waals surface area contributed by atoms with E-state index in [1.807, 2.05) is 0 Å². The second kappa shape index (κ2) is 7.42. The number of methoxy groups -OCH3 is 1. The van der Waals surface area contributed by atoms with Crippen LogP contribution in [0.3, 0.4) is 0 Å². The van der Waals surface area contributed by atoms with E-state index in [2.05, 4.69) is 10.3 Å². The van der Waals surface area contributed by atoms with Crippen LogP contribution in [0.5, 0.6) is 5.75 Å². The molecule has 1 aliphatic carbocycles. The lowest BCUT2D eigenvalue weighted by Gasteiger charge is -2.13. The van der Waals surface area contributed by atoms with Crippen molar-refractivity contribution in [1.82, 2.24) is 9.55 Å².